The second-order valence-corrected chi connectivity index (χ2v) is 5.40. The molecular formula is C13H14N2OS. The van der Waals surface area contributed by atoms with Crippen molar-refractivity contribution in [1.29, 1.82) is 0 Å². The molecule has 0 aromatic carbocycles. The lowest BCUT2D eigenvalue weighted by atomic mass is 9.99. The summed E-state index contributed by atoms with van der Waals surface area (Å²) in [7, 11) is 0. The van der Waals surface area contributed by atoms with Gasteiger partial charge in [-0.3, -0.25) is 0 Å². The van der Waals surface area contributed by atoms with Crippen molar-refractivity contribution in [1.82, 2.24) is 4.98 Å². The van der Waals surface area contributed by atoms with Crippen molar-refractivity contribution in [2.45, 2.75) is 12.8 Å². The first-order valence-corrected chi connectivity index (χ1v) is 6.79. The normalized spacial score (nSPS) is 20.7. The Morgan fingerprint density at radius 1 is 1.47 bits per heavy atom. The maximum atomic E-state index is 10.9. The van der Waals surface area contributed by atoms with Gasteiger partial charge in [-0.25, -0.2) is 4.98 Å². The van der Waals surface area contributed by atoms with Crippen LogP contribution in [0.3, 0.4) is 0 Å². The highest BCUT2D eigenvalue weighted by Gasteiger charge is 2.21. The number of aromatic nitrogens is 1. The van der Waals surface area contributed by atoms with E-state index < -0.39 is 0 Å². The van der Waals surface area contributed by atoms with Gasteiger partial charge in [0.25, 0.3) is 0 Å². The first kappa shape index (κ1) is 10.7. The second-order valence-electron chi connectivity index (χ2n) is 4.45. The van der Waals surface area contributed by atoms with Crippen molar-refractivity contribution in [3.8, 4) is 0 Å². The topological polar surface area (TPSA) is 33.2 Å². The highest BCUT2D eigenvalue weighted by atomic mass is 32.1. The van der Waals surface area contributed by atoms with Gasteiger partial charge in [-0.1, -0.05) is 0 Å². The first-order valence-electron chi connectivity index (χ1n) is 5.91. The van der Waals surface area contributed by atoms with E-state index in [-0.39, 0.29) is 5.92 Å². The maximum Gasteiger partial charge on any atom is 0.137 e. The summed E-state index contributed by atoms with van der Waals surface area (Å²) in [6, 6.07) is 4.16. The van der Waals surface area contributed by atoms with Crippen LogP contribution >= 0.6 is 11.3 Å². The van der Waals surface area contributed by atoms with Crippen LogP contribution in [0.4, 0.5) is 5.82 Å². The number of carbonyl (C=O) groups excluding carboxylic acids is 1. The van der Waals surface area contributed by atoms with Crippen LogP contribution in [-0.2, 0) is 4.79 Å². The fourth-order valence-corrected chi connectivity index (χ4v) is 3.22. The fraction of sp³-hybridized carbons (Fsp3) is 0.385. The Morgan fingerprint density at radius 3 is 3.29 bits per heavy atom. The number of hydrogen-bond donors (Lipinski definition) is 0. The Balaban J connectivity index is 1.97. The lowest BCUT2D eigenvalue weighted by Gasteiger charge is -2.31. The minimum absolute atomic E-state index is 0.166. The average Bonchev–Trinajstić information content (AvgIpc) is 2.87. The third-order valence-electron chi connectivity index (χ3n) is 3.31. The molecule has 3 nitrogen and oxygen atoms in total. The first-order chi connectivity index (χ1) is 8.38. The fourth-order valence-electron chi connectivity index (χ4n) is 2.45. The van der Waals surface area contributed by atoms with Crippen LogP contribution in [0.15, 0.2) is 23.7 Å². The van der Waals surface area contributed by atoms with Gasteiger partial charge in [0.05, 0.1) is 0 Å². The number of thiophene rings is 1. The van der Waals surface area contributed by atoms with E-state index in [1.54, 1.807) is 11.3 Å². The van der Waals surface area contributed by atoms with Crippen molar-refractivity contribution >= 4 is 33.5 Å². The molecule has 1 aliphatic rings. The second kappa shape index (κ2) is 4.45. The summed E-state index contributed by atoms with van der Waals surface area (Å²) in [4.78, 5) is 17.6. The Kier molecular flexibility index (Phi) is 2.81. The number of hydrogen-bond acceptors (Lipinski definition) is 4. The van der Waals surface area contributed by atoms with Crippen molar-refractivity contribution in [2.75, 3.05) is 18.0 Å². The van der Waals surface area contributed by atoms with Gasteiger partial charge >= 0.3 is 0 Å². The van der Waals surface area contributed by atoms with E-state index in [2.05, 4.69) is 21.3 Å². The average molecular weight is 246 g/mol. The summed E-state index contributed by atoms with van der Waals surface area (Å²) >= 11 is 1.74. The molecule has 0 aliphatic carbocycles. The molecule has 0 bridgehead atoms. The van der Waals surface area contributed by atoms with E-state index in [1.807, 2.05) is 12.3 Å². The number of anilines is 1. The molecule has 0 N–H and O–H groups in total. The molecule has 3 heterocycles. The van der Waals surface area contributed by atoms with Crippen LogP contribution in [0.5, 0.6) is 0 Å². The largest absolute Gasteiger partial charge is 0.355 e. The van der Waals surface area contributed by atoms with Gasteiger partial charge in [-0.15, -0.1) is 11.3 Å². The number of fused-ring (bicyclic) bond motifs is 1. The van der Waals surface area contributed by atoms with Crippen LogP contribution in [0, 0.1) is 5.92 Å². The molecule has 17 heavy (non-hydrogen) atoms. The Hall–Kier alpha value is -1.42. The molecule has 4 heteroatoms. The highest BCUT2D eigenvalue weighted by molar-refractivity contribution is 7.17. The van der Waals surface area contributed by atoms with Gasteiger partial charge in [0.1, 0.15) is 12.1 Å². The number of piperidine rings is 1. The summed E-state index contributed by atoms with van der Waals surface area (Å²) in [6.45, 7) is 1.82. The van der Waals surface area contributed by atoms with Crippen molar-refractivity contribution in [3.63, 3.8) is 0 Å². The molecule has 2 aromatic rings. The standard InChI is InChI=1S/C13H14N2OS/c16-9-10-2-1-6-15(8-10)13-11-4-7-17-12(11)3-5-14-13/h3-5,7,9-10H,1-2,6,8H2. The molecule has 1 fully saturated rings. The number of aldehydes is 1. The van der Waals surface area contributed by atoms with Crippen LogP contribution < -0.4 is 4.90 Å². The maximum absolute atomic E-state index is 10.9. The predicted octanol–water partition coefficient (Wildman–Crippen LogP) is 2.71. The lowest BCUT2D eigenvalue weighted by Crippen LogP contribution is -2.36. The molecule has 0 radical (unpaired) electrons. The van der Waals surface area contributed by atoms with Gasteiger partial charge < -0.3 is 9.69 Å². The number of rotatable bonds is 2. The van der Waals surface area contributed by atoms with E-state index in [0.29, 0.717) is 0 Å². The molecule has 1 saturated heterocycles. The van der Waals surface area contributed by atoms with Gasteiger partial charge in [0.15, 0.2) is 0 Å². The van der Waals surface area contributed by atoms with Crippen LogP contribution in [-0.4, -0.2) is 24.4 Å². The number of carbonyl (C=O) groups is 1. The SMILES string of the molecule is O=CC1CCCN(c2nccc3sccc23)C1. The Morgan fingerprint density at radius 2 is 2.41 bits per heavy atom. The third kappa shape index (κ3) is 1.93. The zero-order valence-corrected chi connectivity index (χ0v) is 10.3. The lowest BCUT2D eigenvalue weighted by molar-refractivity contribution is -0.111. The molecule has 1 unspecified atom stereocenters. The Bertz CT molecular complexity index is 537. The van der Waals surface area contributed by atoms with E-state index in [9.17, 15) is 4.79 Å². The summed E-state index contributed by atoms with van der Waals surface area (Å²) in [5.74, 6) is 1.20. The molecule has 1 atom stereocenters. The van der Waals surface area contributed by atoms with E-state index in [4.69, 9.17) is 0 Å². The monoisotopic (exact) mass is 246 g/mol. The van der Waals surface area contributed by atoms with E-state index in [1.165, 1.54) is 10.1 Å². The minimum atomic E-state index is 0.166. The number of nitrogens with zero attached hydrogens (tertiary/aromatic N) is 2. The van der Waals surface area contributed by atoms with Crippen LogP contribution in [0.25, 0.3) is 10.1 Å². The van der Waals surface area contributed by atoms with Gasteiger partial charge in [0, 0.05) is 35.3 Å². The molecule has 0 spiro atoms. The zero-order valence-electron chi connectivity index (χ0n) is 9.50. The minimum Gasteiger partial charge on any atom is -0.355 e. The van der Waals surface area contributed by atoms with E-state index >= 15 is 0 Å². The smallest absolute Gasteiger partial charge is 0.137 e. The predicted molar refractivity (Wildman–Crippen MR) is 70.6 cm³/mol. The summed E-state index contributed by atoms with van der Waals surface area (Å²) < 4.78 is 1.27. The number of pyridine rings is 1. The molecular weight excluding hydrogens is 232 g/mol. The van der Waals surface area contributed by atoms with Gasteiger partial charge in [0.2, 0.25) is 0 Å². The third-order valence-corrected chi connectivity index (χ3v) is 4.19. The molecule has 88 valence electrons. The molecule has 1 aliphatic heterocycles. The van der Waals surface area contributed by atoms with Crippen molar-refractivity contribution < 1.29 is 4.79 Å². The van der Waals surface area contributed by atoms with Gasteiger partial charge in [-0.2, -0.15) is 0 Å². The highest BCUT2D eigenvalue weighted by Crippen LogP contribution is 2.30. The van der Waals surface area contributed by atoms with Crippen molar-refractivity contribution in [2.24, 2.45) is 5.92 Å². The molecule has 0 saturated carbocycles. The van der Waals surface area contributed by atoms with Crippen LogP contribution in [0.1, 0.15) is 12.8 Å². The quantitative estimate of drug-likeness (QED) is 0.764. The molecule has 2 aromatic heterocycles. The summed E-state index contributed by atoms with van der Waals surface area (Å²) in [5, 5.41) is 3.31. The summed E-state index contributed by atoms with van der Waals surface area (Å²) in [5.41, 5.74) is 0. The van der Waals surface area contributed by atoms with E-state index in [0.717, 1.165) is 38.0 Å². The Labute approximate surface area is 104 Å². The molecule has 3 rings (SSSR count). The van der Waals surface area contributed by atoms with Crippen LogP contribution in [0.2, 0.25) is 0 Å². The molecule has 0 amide bonds. The zero-order chi connectivity index (χ0) is 11.7. The van der Waals surface area contributed by atoms with Crippen molar-refractivity contribution in [3.05, 3.63) is 23.7 Å². The summed E-state index contributed by atoms with van der Waals surface area (Å²) in [6.07, 6.45) is 5.03. The van der Waals surface area contributed by atoms with Gasteiger partial charge in [-0.05, 0) is 30.4 Å².